The molecule has 1 N–H and O–H groups in total. The minimum atomic E-state index is -4.41. The van der Waals surface area contributed by atoms with Gasteiger partial charge in [0.15, 0.2) is 0 Å². The molecule has 0 atom stereocenters. The maximum atomic E-state index is 12.6. The maximum absolute atomic E-state index is 12.6. The van der Waals surface area contributed by atoms with Crippen LogP contribution in [-0.4, -0.2) is 18.4 Å². The van der Waals surface area contributed by atoms with E-state index in [1.807, 2.05) is 0 Å². The molecule has 0 bridgehead atoms. The van der Waals surface area contributed by atoms with Crippen LogP contribution in [0.5, 0.6) is 0 Å². The molecule has 0 aliphatic carbocycles. The van der Waals surface area contributed by atoms with Gasteiger partial charge in [0, 0.05) is 0 Å². The normalized spacial score (nSPS) is 14.1. The van der Waals surface area contributed by atoms with E-state index in [4.69, 9.17) is 0 Å². The first kappa shape index (κ1) is 16.0. The highest BCUT2D eigenvalue weighted by molar-refractivity contribution is 6.10. The minimum Gasteiger partial charge on any atom is -0.323 e. The van der Waals surface area contributed by atoms with E-state index in [1.165, 1.54) is 17.0 Å². The number of hydrogen-bond donors (Lipinski definition) is 1. The summed E-state index contributed by atoms with van der Waals surface area (Å²) < 4.78 is 37.7. The lowest BCUT2D eigenvalue weighted by Gasteiger charge is -2.29. The number of fused-ring (bicyclic) bond motifs is 1. The lowest BCUT2D eigenvalue weighted by atomic mass is 10.1. The first-order chi connectivity index (χ1) is 11.3. The number of alkyl halides is 3. The van der Waals surface area contributed by atoms with Gasteiger partial charge in [0.2, 0.25) is 11.8 Å². The van der Waals surface area contributed by atoms with Crippen molar-refractivity contribution < 1.29 is 22.8 Å². The van der Waals surface area contributed by atoms with Gasteiger partial charge in [0.05, 0.1) is 23.4 Å². The molecule has 3 rings (SSSR count). The highest BCUT2D eigenvalue weighted by Gasteiger charge is 2.30. The number of amides is 2. The average molecular weight is 334 g/mol. The Hall–Kier alpha value is -2.83. The highest BCUT2D eigenvalue weighted by Crippen LogP contribution is 2.31. The number of benzene rings is 2. The molecule has 0 unspecified atom stereocenters. The number of hydrogen-bond acceptors (Lipinski definition) is 2. The molecule has 0 spiro atoms. The predicted octanol–water partition coefficient (Wildman–Crippen LogP) is 3.23. The van der Waals surface area contributed by atoms with Gasteiger partial charge in [-0.05, 0) is 29.8 Å². The van der Waals surface area contributed by atoms with Crippen LogP contribution in [0.25, 0.3) is 0 Å². The summed E-state index contributed by atoms with van der Waals surface area (Å²) >= 11 is 0. The van der Waals surface area contributed by atoms with Crippen molar-refractivity contribution in [2.45, 2.75) is 12.6 Å². The van der Waals surface area contributed by atoms with Crippen molar-refractivity contribution in [2.24, 2.45) is 0 Å². The summed E-state index contributed by atoms with van der Waals surface area (Å²) in [5, 5.41) is 2.67. The number of nitrogens with one attached hydrogen (secondary N) is 1. The van der Waals surface area contributed by atoms with Crippen LogP contribution < -0.4 is 10.2 Å². The molecule has 124 valence electrons. The molecule has 2 amide bonds. The average Bonchev–Trinajstić information content (AvgIpc) is 2.53. The quantitative estimate of drug-likeness (QED) is 0.917. The summed E-state index contributed by atoms with van der Waals surface area (Å²) in [6.45, 7) is -0.115. The number of carbonyl (C=O) groups excluding carboxylic acids is 2. The second-order valence-electron chi connectivity index (χ2n) is 5.42. The van der Waals surface area contributed by atoms with Crippen molar-refractivity contribution >= 4 is 23.2 Å². The van der Waals surface area contributed by atoms with E-state index in [9.17, 15) is 22.8 Å². The molecule has 2 aromatic carbocycles. The van der Waals surface area contributed by atoms with Crippen LogP contribution in [0.1, 0.15) is 11.1 Å². The number of rotatable bonds is 2. The molecule has 24 heavy (non-hydrogen) atoms. The van der Waals surface area contributed by atoms with E-state index in [1.54, 1.807) is 24.3 Å². The second-order valence-corrected chi connectivity index (χ2v) is 5.42. The number of halogens is 3. The van der Waals surface area contributed by atoms with Crippen LogP contribution in [0, 0.1) is 0 Å². The van der Waals surface area contributed by atoms with Crippen molar-refractivity contribution in [3.05, 3.63) is 59.7 Å². The molecule has 7 heteroatoms. The smallest absolute Gasteiger partial charge is 0.323 e. The van der Waals surface area contributed by atoms with Crippen LogP contribution in [0.15, 0.2) is 48.5 Å². The van der Waals surface area contributed by atoms with E-state index in [-0.39, 0.29) is 24.8 Å². The molecular formula is C17H13F3N2O2. The lowest BCUT2D eigenvalue weighted by Crippen LogP contribution is -2.42. The van der Waals surface area contributed by atoms with Crippen molar-refractivity contribution in [1.82, 2.24) is 0 Å². The van der Waals surface area contributed by atoms with Gasteiger partial charge in [0.1, 0.15) is 6.54 Å². The monoisotopic (exact) mass is 334 g/mol. The Morgan fingerprint density at radius 1 is 1.08 bits per heavy atom. The van der Waals surface area contributed by atoms with Crippen LogP contribution >= 0.6 is 0 Å². The Bertz CT molecular complexity index is 785. The van der Waals surface area contributed by atoms with Gasteiger partial charge in [-0.25, -0.2) is 0 Å². The molecular weight excluding hydrogens is 321 g/mol. The number of para-hydroxylation sites is 2. The standard InChI is InChI=1S/C17H13F3N2O2/c18-17(19,20)12-7-5-11(6-8-12)9-16(24)22-10-15(23)21-13-3-1-2-4-14(13)22/h1-8H,9-10H2,(H,21,23). The predicted molar refractivity (Wildman–Crippen MR) is 82.6 cm³/mol. The summed E-state index contributed by atoms with van der Waals surface area (Å²) in [5.41, 5.74) is 0.807. The molecule has 0 saturated carbocycles. The molecule has 0 saturated heterocycles. The lowest BCUT2D eigenvalue weighted by molar-refractivity contribution is -0.137. The molecule has 0 aromatic heterocycles. The number of anilines is 2. The van der Waals surface area contributed by atoms with Crippen LogP contribution in [0.3, 0.4) is 0 Å². The van der Waals surface area contributed by atoms with Crippen LogP contribution in [-0.2, 0) is 22.2 Å². The third kappa shape index (κ3) is 3.24. The zero-order valence-electron chi connectivity index (χ0n) is 12.4. The van der Waals surface area contributed by atoms with Crippen molar-refractivity contribution in [3.63, 3.8) is 0 Å². The third-order valence-corrected chi connectivity index (χ3v) is 3.71. The van der Waals surface area contributed by atoms with Crippen molar-refractivity contribution in [1.29, 1.82) is 0 Å². The number of nitrogens with zero attached hydrogens (tertiary/aromatic N) is 1. The Labute approximate surface area is 135 Å². The van der Waals surface area contributed by atoms with Gasteiger partial charge >= 0.3 is 6.18 Å². The maximum Gasteiger partial charge on any atom is 0.416 e. The fourth-order valence-corrected chi connectivity index (χ4v) is 2.54. The zero-order valence-corrected chi connectivity index (χ0v) is 12.4. The first-order valence-corrected chi connectivity index (χ1v) is 7.20. The van der Waals surface area contributed by atoms with Gasteiger partial charge in [-0.1, -0.05) is 24.3 Å². The van der Waals surface area contributed by atoms with Gasteiger partial charge in [0.25, 0.3) is 0 Å². The molecule has 1 heterocycles. The molecule has 1 aliphatic heterocycles. The molecule has 0 radical (unpaired) electrons. The van der Waals surface area contributed by atoms with Crippen LogP contribution in [0.4, 0.5) is 24.5 Å². The summed E-state index contributed by atoms with van der Waals surface area (Å²) in [5.74, 6) is -0.661. The Kier molecular flexibility index (Phi) is 4.01. The van der Waals surface area contributed by atoms with Crippen LogP contribution in [0.2, 0.25) is 0 Å². The van der Waals surface area contributed by atoms with Gasteiger partial charge in [-0.15, -0.1) is 0 Å². The first-order valence-electron chi connectivity index (χ1n) is 7.20. The molecule has 0 fully saturated rings. The molecule has 1 aliphatic rings. The third-order valence-electron chi connectivity index (χ3n) is 3.71. The van der Waals surface area contributed by atoms with E-state index < -0.39 is 11.7 Å². The SMILES string of the molecule is O=C1CN(C(=O)Cc2ccc(C(F)(F)F)cc2)c2ccccc2N1. The van der Waals surface area contributed by atoms with Gasteiger partial charge < -0.3 is 10.2 Å². The van der Waals surface area contributed by atoms with E-state index in [2.05, 4.69) is 5.32 Å². The summed E-state index contributed by atoms with van der Waals surface area (Å²) in [4.78, 5) is 25.5. The van der Waals surface area contributed by atoms with E-state index in [0.717, 1.165) is 12.1 Å². The highest BCUT2D eigenvalue weighted by atomic mass is 19.4. The second kappa shape index (κ2) is 5.99. The summed E-state index contributed by atoms with van der Waals surface area (Å²) in [6, 6.07) is 11.3. The minimum absolute atomic E-state index is 0.0836. The largest absolute Gasteiger partial charge is 0.416 e. The summed E-state index contributed by atoms with van der Waals surface area (Å²) in [7, 11) is 0. The number of carbonyl (C=O) groups is 2. The van der Waals surface area contributed by atoms with Crippen molar-refractivity contribution in [3.8, 4) is 0 Å². The molecule has 2 aromatic rings. The van der Waals surface area contributed by atoms with Gasteiger partial charge in [-0.2, -0.15) is 13.2 Å². The zero-order chi connectivity index (χ0) is 17.3. The van der Waals surface area contributed by atoms with Gasteiger partial charge in [-0.3, -0.25) is 9.59 Å². The topological polar surface area (TPSA) is 49.4 Å². The van der Waals surface area contributed by atoms with Crippen molar-refractivity contribution in [2.75, 3.05) is 16.8 Å². The van der Waals surface area contributed by atoms with E-state index in [0.29, 0.717) is 16.9 Å². The Balaban J connectivity index is 1.79. The Morgan fingerprint density at radius 3 is 2.42 bits per heavy atom. The summed E-state index contributed by atoms with van der Waals surface area (Å²) in [6.07, 6.45) is -4.49. The fraction of sp³-hybridized carbons (Fsp3) is 0.176. The fourth-order valence-electron chi connectivity index (χ4n) is 2.54. The Morgan fingerprint density at radius 2 is 1.75 bits per heavy atom. The van der Waals surface area contributed by atoms with E-state index >= 15 is 0 Å². The molecule has 4 nitrogen and oxygen atoms in total.